The van der Waals surface area contributed by atoms with E-state index >= 15 is 0 Å². The van der Waals surface area contributed by atoms with E-state index in [2.05, 4.69) is 9.97 Å². The molecule has 0 amide bonds. The first-order valence-corrected chi connectivity index (χ1v) is 9.46. The molecule has 10 heteroatoms. The van der Waals surface area contributed by atoms with Crippen LogP contribution in [-0.4, -0.2) is 41.1 Å². The minimum absolute atomic E-state index is 0.142. The second-order valence-corrected chi connectivity index (χ2v) is 7.24. The molecule has 0 bridgehead atoms. The molecular weight excluding hydrogens is 400 g/mol. The van der Waals surface area contributed by atoms with Gasteiger partial charge in [0, 0.05) is 18.1 Å². The van der Waals surface area contributed by atoms with E-state index in [9.17, 15) is 14.9 Å². The minimum Gasteiger partial charge on any atom is -0.469 e. The summed E-state index contributed by atoms with van der Waals surface area (Å²) < 4.78 is 10.5. The third kappa shape index (κ3) is 4.40. The molecule has 1 aromatic carbocycles. The predicted molar refractivity (Wildman–Crippen MR) is 107 cm³/mol. The molecule has 154 valence electrons. The molecule has 1 aromatic heterocycles. The molecule has 0 saturated carbocycles. The van der Waals surface area contributed by atoms with Crippen molar-refractivity contribution < 1.29 is 19.2 Å². The first kappa shape index (κ1) is 20.8. The van der Waals surface area contributed by atoms with Crippen LogP contribution in [0.4, 0.5) is 11.5 Å². The van der Waals surface area contributed by atoms with E-state index in [-0.39, 0.29) is 29.3 Å². The largest absolute Gasteiger partial charge is 0.469 e. The molecule has 0 N–H and O–H groups in total. The molecular formula is C19H21ClN4O5. The number of hydrogen-bond donors (Lipinski definition) is 0. The summed E-state index contributed by atoms with van der Waals surface area (Å²) in [7, 11) is 1.35. The van der Waals surface area contributed by atoms with Crippen LogP contribution < -0.4 is 9.64 Å². The lowest BCUT2D eigenvalue weighted by atomic mass is 9.97. The molecule has 1 aliphatic heterocycles. The molecule has 0 radical (unpaired) electrons. The quantitative estimate of drug-likeness (QED) is 0.408. The highest BCUT2D eigenvalue weighted by molar-refractivity contribution is 6.32. The molecule has 1 fully saturated rings. The van der Waals surface area contributed by atoms with Crippen LogP contribution in [0, 0.1) is 29.9 Å². The number of hydrogen-bond acceptors (Lipinski definition) is 8. The van der Waals surface area contributed by atoms with E-state index in [0.717, 1.165) is 11.1 Å². The maximum Gasteiger partial charge on any atom is 0.373 e. The van der Waals surface area contributed by atoms with Crippen molar-refractivity contribution in [3.8, 4) is 11.6 Å². The zero-order valence-electron chi connectivity index (χ0n) is 16.3. The SMILES string of the molecule is COC(=O)C1CCN(c2ncnc(Oc3cc(C)c(Cl)c(C)c3)c2[N+](=O)[O-])CC1. The maximum absolute atomic E-state index is 11.8. The fourth-order valence-electron chi connectivity index (χ4n) is 3.39. The van der Waals surface area contributed by atoms with Crippen LogP contribution >= 0.6 is 11.6 Å². The Balaban J connectivity index is 1.89. The van der Waals surface area contributed by atoms with Crippen LogP contribution in [0.1, 0.15) is 24.0 Å². The lowest BCUT2D eigenvalue weighted by Crippen LogP contribution is -2.37. The monoisotopic (exact) mass is 420 g/mol. The number of anilines is 1. The highest BCUT2D eigenvalue weighted by atomic mass is 35.5. The Bertz CT molecular complexity index is 921. The van der Waals surface area contributed by atoms with Crippen molar-refractivity contribution in [3.05, 3.63) is 44.7 Å². The first-order valence-electron chi connectivity index (χ1n) is 9.08. The number of aromatic nitrogens is 2. The van der Waals surface area contributed by atoms with Gasteiger partial charge in [0.25, 0.3) is 0 Å². The Morgan fingerprint density at radius 2 is 1.86 bits per heavy atom. The number of halogens is 1. The Hall–Kier alpha value is -2.94. The van der Waals surface area contributed by atoms with Crippen LogP contribution in [0.5, 0.6) is 11.6 Å². The van der Waals surface area contributed by atoms with E-state index in [1.807, 2.05) is 13.8 Å². The molecule has 2 heterocycles. The summed E-state index contributed by atoms with van der Waals surface area (Å²) >= 11 is 6.18. The summed E-state index contributed by atoms with van der Waals surface area (Å²) in [6.07, 6.45) is 2.29. The minimum atomic E-state index is -0.549. The van der Waals surface area contributed by atoms with Gasteiger partial charge in [0.05, 0.1) is 18.0 Å². The van der Waals surface area contributed by atoms with Crippen LogP contribution in [0.3, 0.4) is 0 Å². The van der Waals surface area contributed by atoms with Crippen molar-refractivity contribution in [1.29, 1.82) is 0 Å². The standard InChI is InChI=1S/C19H21ClN4O5/c1-11-8-14(9-12(2)15(11)20)29-18-16(24(26)27)17(21-10-22-18)23-6-4-13(5-7-23)19(25)28-3/h8-10,13H,4-7H2,1-3H3. The number of carbonyl (C=O) groups excluding carboxylic acids is 1. The van der Waals surface area contributed by atoms with Crippen molar-refractivity contribution >= 4 is 29.1 Å². The number of nitro groups is 1. The van der Waals surface area contributed by atoms with Gasteiger partial charge in [0.1, 0.15) is 12.1 Å². The van der Waals surface area contributed by atoms with E-state index in [4.69, 9.17) is 21.1 Å². The van der Waals surface area contributed by atoms with E-state index in [0.29, 0.717) is 36.7 Å². The van der Waals surface area contributed by atoms with Gasteiger partial charge < -0.3 is 14.4 Å². The van der Waals surface area contributed by atoms with E-state index in [1.165, 1.54) is 13.4 Å². The number of methoxy groups -OCH3 is 1. The smallest absolute Gasteiger partial charge is 0.373 e. The van der Waals surface area contributed by atoms with Crippen molar-refractivity contribution in [1.82, 2.24) is 9.97 Å². The second-order valence-electron chi connectivity index (χ2n) is 6.87. The summed E-state index contributed by atoms with van der Waals surface area (Å²) in [5.41, 5.74) is 1.28. The molecule has 9 nitrogen and oxygen atoms in total. The van der Waals surface area contributed by atoms with Crippen molar-refractivity contribution in [2.45, 2.75) is 26.7 Å². The van der Waals surface area contributed by atoms with E-state index < -0.39 is 4.92 Å². The zero-order valence-corrected chi connectivity index (χ0v) is 17.1. The highest BCUT2D eigenvalue weighted by Crippen LogP contribution is 2.38. The molecule has 2 aromatic rings. The third-order valence-corrected chi connectivity index (χ3v) is 5.50. The fourth-order valence-corrected chi connectivity index (χ4v) is 3.50. The summed E-state index contributed by atoms with van der Waals surface area (Å²) in [4.78, 5) is 32.8. The van der Waals surface area contributed by atoms with Crippen LogP contribution in [0.25, 0.3) is 0 Å². The number of benzene rings is 1. The van der Waals surface area contributed by atoms with Crippen molar-refractivity contribution in [2.24, 2.45) is 5.92 Å². The number of ether oxygens (including phenoxy) is 2. The molecule has 0 unspecified atom stereocenters. The van der Waals surface area contributed by atoms with Crippen LogP contribution in [-0.2, 0) is 9.53 Å². The van der Waals surface area contributed by atoms with Gasteiger partial charge in [-0.25, -0.2) is 4.98 Å². The number of nitrogens with zero attached hydrogens (tertiary/aromatic N) is 4. The number of esters is 1. The van der Waals surface area contributed by atoms with Crippen LogP contribution in [0.2, 0.25) is 5.02 Å². The van der Waals surface area contributed by atoms with Gasteiger partial charge in [-0.15, -0.1) is 0 Å². The number of piperidine rings is 1. The number of rotatable bonds is 5. The number of aryl methyl sites for hydroxylation is 2. The Kier molecular flexibility index (Phi) is 6.17. The molecule has 29 heavy (non-hydrogen) atoms. The normalized spacial score (nSPS) is 14.6. The molecule has 3 rings (SSSR count). The Labute approximate surface area is 172 Å². The molecule has 1 aliphatic rings. The molecule has 0 aliphatic carbocycles. The molecule has 0 spiro atoms. The van der Waals surface area contributed by atoms with Gasteiger partial charge in [-0.3, -0.25) is 14.9 Å². The summed E-state index contributed by atoms with van der Waals surface area (Å²) in [6, 6.07) is 3.39. The Morgan fingerprint density at radius 3 is 2.41 bits per heavy atom. The van der Waals surface area contributed by atoms with Crippen molar-refractivity contribution in [3.63, 3.8) is 0 Å². The van der Waals surface area contributed by atoms with Gasteiger partial charge in [-0.05, 0) is 49.9 Å². The fraction of sp³-hybridized carbons (Fsp3) is 0.421. The predicted octanol–water partition coefficient (Wildman–Crippen LogP) is 3.84. The summed E-state index contributed by atoms with van der Waals surface area (Å²) in [5, 5.41) is 12.4. The number of carbonyl (C=O) groups is 1. The van der Waals surface area contributed by atoms with Gasteiger partial charge in [0.2, 0.25) is 5.82 Å². The van der Waals surface area contributed by atoms with Crippen molar-refractivity contribution in [2.75, 3.05) is 25.1 Å². The lowest BCUT2D eigenvalue weighted by Gasteiger charge is -2.31. The van der Waals surface area contributed by atoms with Gasteiger partial charge >= 0.3 is 17.5 Å². The van der Waals surface area contributed by atoms with Crippen LogP contribution in [0.15, 0.2) is 18.5 Å². The Morgan fingerprint density at radius 1 is 1.24 bits per heavy atom. The summed E-state index contributed by atoms with van der Waals surface area (Å²) in [5.74, 6) is -0.0456. The average molecular weight is 421 g/mol. The average Bonchev–Trinajstić information content (AvgIpc) is 2.71. The topological polar surface area (TPSA) is 108 Å². The van der Waals surface area contributed by atoms with Gasteiger partial charge in [0.15, 0.2) is 0 Å². The first-order chi connectivity index (χ1) is 13.8. The second kappa shape index (κ2) is 8.60. The summed E-state index contributed by atoms with van der Waals surface area (Å²) in [6.45, 7) is 4.54. The maximum atomic E-state index is 11.8. The van der Waals surface area contributed by atoms with Gasteiger partial charge in [-0.2, -0.15) is 4.98 Å². The lowest BCUT2D eigenvalue weighted by molar-refractivity contribution is -0.385. The molecule has 0 atom stereocenters. The molecule has 1 saturated heterocycles. The third-order valence-electron chi connectivity index (χ3n) is 4.91. The zero-order chi connectivity index (χ0) is 21.1. The van der Waals surface area contributed by atoms with Gasteiger partial charge in [-0.1, -0.05) is 11.6 Å². The van der Waals surface area contributed by atoms with E-state index in [1.54, 1.807) is 17.0 Å². The highest BCUT2D eigenvalue weighted by Gasteiger charge is 2.33.